The summed E-state index contributed by atoms with van der Waals surface area (Å²) >= 11 is 0. The second kappa shape index (κ2) is 12.3. The number of piperidine rings is 1. The van der Waals surface area contributed by atoms with Gasteiger partial charge in [-0.25, -0.2) is 9.59 Å². The van der Waals surface area contributed by atoms with E-state index in [0.717, 1.165) is 32.5 Å². The Morgan fingerprint density at radius 2 is 1.70 bits per heavy atom. The molecule has 0 saturated carbocycles. The molecule has 2 aliphatic heterocycles. The van der Waals surface area contributed by atoms with Gasteiger partial charge in [0, 0.05) is 51.4 Å². The monoisotopic (exact) mass is 511 g/mol. The molecule has 0 aliphatic carbocycles. The summed E-state index contributed by atoms with van der Waals surface area (Å²) < 4.78 is 1.44. The third-order valence-electron chi connectivity index (χ3n) is 7.28. The quantitative estimate of drug-likeness (QED) is 0.501. The number of rotatable bonds is 7. The number of urea groups is 1. The van der Waals surface area contributed by atoms with Gasteiger partial charge in [0.15, 0.2) is 0 Å². The van der Waals surface area contributed by atoms with Crippen LogP contribution in [0.5, 0.6) is 0 Å². The number of aromatic nitrogens is 2. The number of amides is 3. The number of anilines is 1. The highest BCUT2D eigenvalue weighted by atomic mass is 16.3. The van der Waals surface area contributed by atoms with Crippen LogP contribution < -0.4 is 16.7 Å². The lowest BCUT2D eigenvalue weighted by Crippen LogP contribution is -2.51. The molecule has 4 N–H and O–H groups in total. The van der Waals surface area contributed by atoms with Crippen molar-refractivity contribution in [2.45, 2.75) is 38.8 Å². The van der Waals surface area contributed by atoms with Crippen molar-refractivity contribution < 1.29 is 14.7 Å². The largest absolute Gasteiger partial charge is 0.396 e. The van der Waals surface area contributed by atoms with Gasteiger partial charge in [-0.05, 0) is 62.5 Å². The first-order chi connectivity index (χ1) is 17.8. The fourth-order valence-corrected chi connectivity index (χ4v) is 4.93. The second-order valence-electron chi connectivity index (χ2n) is 9.88. The lowest BCUT2D eigenvalue weighted by Gasteiger charge is -2.34. The Kier molecular flexibility index (Phi) is 8.91. The van der Waals surface area contributed by atoms with Gasteiger partial charge >= 0.3 is 11.7 Å². The molecule has 3 amide bonds. The number of nitrogens with one attached hydrogen (secondary N) is 1. The van der Waals surface area contributed by atoms with Crippen LogP contribution in [0, 0.1) is 5.92 Å². The number of nitrogens with two attached hydrogens (primary N) is 1. The van der Waals surface area contributed by atoms with Gasteiger partial charge < -0.3 is 20.6 Å². The first-order valence-corrected chi connectivity index (χ1v) is 13.0. The molecule has 11 nitrogen and oxygen atoms in total. The van der Waals surface area contributed by atoms with Crippen LogP contribution in [0.4, 0.5) is 10.6 Å². The van der Waals surface area contributed by atoms with Crippen molar-refractivity contribution in [1.82, 2.24) is 24.3 Å². The molecule has 0 radical (unpaired) electrons. The molecule has 3 heterocycles. The molecule has 37 heavy (non-hydrogen) atoms. The smallest absolute Gasteiger partial charge is 0.354 e. The van der Waals surface area contributed by atoms with E-state index < -0.39 is 5.69 Å². The van der Waals surface area contributed by atoms with Crippen LogP contribution >= 0.6 is 0 Å². The molecule has 1 aromatic carbocycles. The van der Waals surface area contributed by atoms with Gasteiger partial charge in [-0.15, -0.1) is 0 Å². The number of benzene rings is 1. The SMILES string of the molecule is C[C@H](N)C1CCN(Cc2ccc(-n3ccc(NC(=O)N4CCN(C(=O)CCO)CC4)nc3=O)cc2)CC1. The van der Waals surface area contributed by atoms with Crippen molar-refractivity contribution in [3.63, 3.8) is 0 Å². The van der Waals surface area contributed by atoms with E-state index in [-0.39, 0.29) is 36.8 Å². The van der Waals surface area contributed by atoms with Crippen LogP contribution in [-0.2, 0) is 11.3 Å². The molecule has 200 valence electrons. The molecule has 0 spiro atoms. The van der Waals surface area contributed by atoms with Crippen LogP contribution in [0.25, 0.3) is 5.69 Å². The number of hydrogen-bond donors (Lipinski definition) is 3. The highest BCUT2D eigenvalue weighted by molar-refractivity contribution is 5.88. The van der Waals surface area contributed by atoms with E-state index in [1.807, 2.05) is 24.3 Å². The van der Waals surface area contributed by atoms with Gasteiger partial charge in [0.05, 0.1) is 12.3 Å². The molecule has 2 aliphatic rings. The number of aliphatic hydroxyl groups is 1. The summed E-state index contributed by atoms with van der Waals surface area (Å²) in [6.07, 6.45) is 3.94. The zero-order valence-corrected chi connectivity index (χ0v) is 21.4. The maximum Gasteiger partial charge on any atom is 0.354 e. The highest BCUT2D eigenvalue weighted by Gasteiger charge is 2.24. The number of carbonyl (C=O) groups excluding carboxylic acids is 2. The van der Waals surface area contributed by atoms with E-state index >= 15 is 0 Å². The van der Waals surface area contributed by atoms with Gasteiger partial charge in [0.25, 0.3) is 0 Å². The molecule has 0 unspecified atom stereocenters. The van der Waals surface area contributed by atoms with Crippen LogP contribution in [0.3, 0.4) is 0 Å². The van der Waals surface area contributed by atoms with Crippen molar-refractivity contribution in [1.29, 1.82) is 0 Å². The Labute approximate surface area is 216 Å². The maximum atomic E-state index is 12.7. The summed E-state index contributed by atoms with van der Waals surface area (Å²) in [7, 11) is 0. The average molecular weight is 512 g/mol. The Hall–Kier alpha value is -3.28. The Bertz CT molecular complexity index is 1120. The maximum absolute atomic E-state index is 12.7. The highest BCUT2D eigenvalue weighted by Crippen LogP contribution is 2.21. The first-order valence-electron chi connectivity index (χ1n) is 13.0. The normalized spacial score (nSPS) is 18.0. The second-order valence-corrected chi connectivity index (χ2v) is 9.88. The Balaban J connectivity index is 1.30. The van der Waals surface area contributed by atoms with Crippen molar-refractivity contribution in [2.24, 2.45) is 11.7 Å². The molecular weight excluding hydrogens is 474 g/mol. The minimum Gasteiger partial charge on any atom is -0.396 e. The van der Waals surface area contributed by atoms with Gasteiger partial charge in [0.2, 0.25) is 5.91 Å². The van der Waals surface area contributed by atoms with E-state index in [2.05, 4.69) is 22.1 Å². The third kappa shape index (κ3) is 6.94. The molecule has 1 atom stereocenters. The summed E-state index contributed by atoms with van der Waals surface area (Å²) in [5.41, 5.74) is 7.46. The predicted octanol–water partition coefficient (Wildman–Crippen LogP) is 0.850. The number of nitrogens with zero attached hydrogens (tertiary/aromatic N) is 5. The molecular formula is C26H37N7O4. The lowest BCUT2D eigenvalue weighted by atomic mass is 9.91. The van der Waals surface area contributed by atoms with Crippen LogP contribution in [0.15, 0.2) is 41.3 Å². The van der Waals surface area contributed by atoms with E-state index in [4.69, 9.17) is 10.8 Å². The minimum atomic E-state index is -0.483. The van der Waals surface area contributed by atoms with Gasteiger partial charge in [-0.1, -0.05) is 12.1 Å². The fourth-order valence-electron chi connectivity index (χ4n) is 4.93. The standard InChI is InChI=1S/C26H37N7O4/c1-19(27)21-6-10-30(11-7-21)18-20-2-4-22(5-3-20)33-12-8-23(29-26(33)37)28-25(36)32-15-13-31(14-16-32)24(35)9-17-34/h2-5,8,12,19,21,34H,6-7,9-11,13-18,27H2,1H3,(H,28,29,36,37)/t19-/m0/s1. The van der Waals surface area contributed by atoms with Crippen LogP contribution in [0.1, 0.15) is 31.7 Å². The first kappa shape index (κ1) is 26.8. The van der Waals surface area contributed by atoms with Gasteiger partial charge in [0.1, 0.15) is 5.82 Å². The van der Waals surface area contributed by atoms with Crippen molar-refractivity contribution >= 4 is 17.8 Å². The summed E-state index contributed by atoms with van der Waals surface area (Å²) in [5.74, 6) is 0.656. The average Bonchev–Trinajstić information content (AvgIpc) is 2.90. The molecule has 2 fully saturated rings. The summed E-state index contributed by atoms with van der Waals surface area (Å²) in [6.45, 7) is 6.41. The number of likely N-dealkylation sites (tertiary alicyclic amines) is 1. The zero-order valence-electron chi connectivity index (χ0n) is 21.4. The number of aliphatic hydroxyl groups excluding tert-OH is 1. The van der Waals surface area contributed by atoms with E-state index in [0.29, 0.717) is 37.8 Å². The van der Waals surface area contributed by atoms with E-state index in [1.54, 1.807) is 22.1 Å². The van der Waals surface area contributed by atoms with Crippen LogP contribution in [0.2, 0.25) is 0 Å². The number of carbonyl (C=O) groups is 2. The molecule has 4 rings (SSSR count). The lowest BCUT2D eigenvalue weighted by molar-refractivity contribution is -0.133. The van der Waals surface area contributed by atoms with Crippen LogP contribution in [-0.4, -0.2) is 93.2 Å². The minimum absolute atomic E-state index is 0.0859. The van der Waals surface area contributed by atoms with E-state index in [9.17, 15) is 14.4 Å². The van der Waals surface area contributed by atoms with Gasteiger partial charge in [-0.2, -0.15) is 4.98 Å². The Morgan fingerprint density at radius 1 is 1.05 bits per heavy atom. The Morgan fingerprint density at radius 3 is 2.30 bits per heavy atom. The number of hydrogen-bond acceptors (Lipinski definition) is 7. The fraction of sp³-hybridized carbons (Fsp3) is 0.538. The van der Waals surface area contributed by atoms with Gasteiger partial charge in [-0.3, -0.25) is 19.6 Å². The van der Waals surface area contributed by atoms with Crippen molar-refractivity contribution in [2.75, 3.05) is 51.2 Å². The zero-order chi connectivity index (χ0) is 26.4. The summed E-state index contributed by atoms with van der Waals surface area (Å²) in [5, 5.41) is 11.6. The molecule has 11 heteroatoms. The molecule has 0 bridgehead atoms. The van der Waals surface area contributed by atoms with Crippen molar-refractivity contribution in [3.8, 4) is 5.69 Å². The summed E-state index contributed by atoms with van der Waals surface area (Å²) in [6, 6.07) is 9.34. The third-order valence-corrected chi connectivity index (χ3v) is 7.28. The van der Waals surface area contributed by atoms with E-state index in [1.165, 1.54) is 10.1 Å². The number of piperazine rings is 1. The topological polar surface area (TPSA) is 137 Å². The summed E-state index contributed by atoms with van der Waals surface area (Å²) in [4.78, 5) is 46.8. The molecule has 1 aromatic heterocycles. The van der Waals surface area contributed by atoms with Crippen molar-refractivity contribution in [3.05, 3.63) is 52.6 Å². The predicted molar refractivity (Wildman–Crippen MR) is 140 cm³/mol. The molecule has 2 saturated heterocycles. The molecule has 2 aromatic rings.